The van der Waals surface area contributed by atoms with E-state index in [-0.39, 0.29) is 24.3 Å². The average molecular weight is 500 g/mol. The summed E-state index contributed by atoms with van der Waals surface area (Å²) in [6, 6.07) is 10.9. The molecule has 13 heteroatoms. The van der Waals surface area contributed by atoms with Gasteiger partial charge in [-0.2, -0.15) is 5.26 Å². The van der Waals surface area contributed by atoms with E-state index in [0.717, 1.165) is 21.6 Å². The number of aromatic nitrogens is 1. The Bertz CT molecular complexity index is 1380. The number of anilines is 2. The fourth-order valence-electron chi connectivity index (χ4n) is 4.05. The first-order chi connectivity index (χ1) is 17.1. The molecule has 3 aromatic rings. The lowest BCUT2D eigenvalue weighted by molar-refractivity contribution is -0.274. The number of carbonyl (C=O) groups excluding carboxylic acids is 3. The second-order valence-corrected chi connectivity index (χ2v) is 7.99. The van der Waals surface area contributed by atoms with Crippen LogP contribution in [0.1, 0.15) is 6.42 Å². The molecule has 186 valence electrons. The SMILES string of the molecule is N#CC1C[C@@H](C(=O)Nc2cccc(OC(F)(F)F)c2)N(C(=O)Nc2cn(C(N)=O)c3ccccc23)C1. The minimum Gasteiger partial charge on any atom is -0.406 e. The van der Waals surface area contributed by atoms with E-state index in [0.29, 0.717) is 10.9 Å². The number of likely N-dealkylation sites (tertiary alicyclic amines) is 1. The van der Waals surface area contributed by atoms with Gasteiger partial charge < -0.3 is 26.0 Å². The van der Waals surface area contributed by atoms with Crippen LogP contribution >= 0.6 is 0 Å². The van der Waals surface area contributed by atoms with E-state index < -0.39 is 42.0 Å². The number of benzene rings is 2. The van der Waals surface area contributed by atoms with Gasteiger partial charge in [0.1, 0.15) is 11.8 Å². The van der Waals surface area contributed by atoms with Gasteiger partial charge in [-0.3, -0.25) is 9.36 Å². The summed E-state index contributed by atoms with van der Waals surface area (Å²) in [4.78, 5) is 39.0. The maximum atomic E-state index is 13.1. The van der Waals surface area contributed by atoms with Crippen LogP contribution in [0, 0.1) is 17.2 Å². The normalized spacial score (nSPS) is 17.4. The summed E-state index contributed by atoms with van der Waals surface area (Å²) in [5.74, 6) is -1.85. The Morgan fingerprint density at radius 1 is 1.11 bits per heavy atom. The molecule has 0 radical (unpaired) electrons. The lowest BCUT2D eigenvalue weighted by Crippen LogP contribution is -2.45. The molecular formula is C23H19F3N6O4. The van der Waals surface area contributed by atoms with Crippen LogP contribution in [0.5, 0.6) is 5.75 Å². The van der Waals surface area contributed by atoms with Crippen molar-refractivity contribution in [1.29, 1.82) is 5.26 Å². The van der Waals surface area contributed by atoms with Gasteiger partial charge in [-0.15, -0.1) is 13.2 Å². The zero-order valence-electron chi connectivity index (χ0n) is 18.5. The number of nitrogens with zero attached hydrogens (tertiary/aromatic N) is 3. The zero-order valence-corrected chi connectivity index (χ0v) is 18.5. The Morgan fingerprint density at radius 3 is 2.56 bits per heavy atom. The van der Waals surface area contributed by atoms with E-state index in [1.165, 1.54) is 18.3 Å². The fraction of sp³-hybridized carbons (Fsp3) is 0.217. The summed E-state index contributed by atoms with van der Waals surface area (Å²) in [6.07, 6.45) is -3.53. The van der Waals surface area contributed by atoms with Crippen molar-refractivity contribution in [2.75, 3.05) is 17.2 Å². The number of halogens is 3. The number of nitrogens with two attached hydrogens (primary N) is 1. The first-order valence-corrected chi connectivity index (χ1v) is 10.6. The molecule has 0 aliphatic carbocycles. The average Bonchev–Trinajstić information content (AvgIpc) is 3.41. The third-order valence-corrected chi connectivity index (χ3v) is 5.57. The molecule has 1 unspecified atom stereocenters. The zero-order chi connectivity index (χ0) is 26.0. The number of amides is 4. The maximum absolute atomic E-state index is 13.1. The number of rotatable bonds is 4. The van der Waals surface area contributed by atoms with Crippen LogP contribution in [0.25, 0.3) is 10.9 Å². The second kappa shape index (κ2) is 9.49. The number of carbonyl (C=O) groups is 3. The lowest BCUT2D eigenvalue weighted by atomic mass is 10.1. The highest BCUT2D eigenvalue weighted by atomic mass is 19.4. The minimum absolute atomic E-state index is 0.0204. The van der Waals surface area contributed by atoms with Gasteiger partial charge in [-0.1, -0.05) is 24.3 Å². The Hall–Kier alpha value is -4.73. The minimum atomic E-state index is -4.90. The van der Waals surface area contributed by atoms with Crippen molar-refractivity contribution in [2.45, 2.75) is 18.8 Å². The number of primary amides is 1. The largest absolute Gasteiger partial charge is 0.573 e. The molecule has 1 saturated heterocycles. The first-order valence-electron chi connectivity index (χ1n) is 10.6. The maximum Gasteiger partial charge on any atom is 0.573 e. The van der Waals surface area contributed by atoms with E-state index in [1.807, 2.05) is 6.07 Å². The van der Waals surface area contributed by atoms with Crippen LogP contribution in [0.3, 0.4) is 0 Å². The standard InChI is InChI=1S/C23H19F3N6O4/c24-23(25,26)36-15-5-3-4-14(9-15)29-20(33)19-8-13(10-27)11-32(19)22(35)30-17-12-31(21(28)34)18-7-2-1-6-16(17)18/h1-7,9,12-13,19H,8,11H2,(H2,28,34)(H,29,33)(H,30,35)/t13?,19-/m0/s1. The van der Waals surface area contributed by atoms with Crippen molar-refractivity contribution < 1.29 is 32.3 Å². The van der Waals surface area contributed by atoms with Gasteiger partial charge in [-0.05, 0) is 24.6 Å². The smallest absolute Gasteiger partial charge is 0.406 e. The molecule has 1 aliphatic rings. The van der Waals surface area contributed by atoms with E-state index >= 15 is 0 Å². The Balaban J connectivity index is 1.54. The Morgan fingerprint density at radius 2 is 1.86 bits per heavy atom. The quantitative estimate of drug-likeness (QED) is 0.499. The summed E-state index contributed by atoms with van der Waals surface area (Å²) in [5.41, 5.74) is 6.16. The highest BCUT2D eigenvalue weighted by Crippen LogP contribution is 2.30. The van der Waals surface area contributed by atoms with Crippen molar-refractivity contribution >= 4 is 40.2 Å². The van der Waals surface area contributed by atoms with Crippen molar-refractivity contribution in [2.24, 2.45) is 11.7 Å². The predicted molar refractivity (Wildman–Crippen MR) is 122 cm³/mol. The molecule has 2 aromatic carbocycles. The molecule has 0 spiro atoms. The highest BCUT2D eigenvalue weighted by molar-refractivity contribution is 6.06. The Kier molecular flexibility index (Phi) is 6.43. The molecule has 0 saturated carbocycles. The number of nitriles is 1. The molecule has 1 aliphatic heterocycles. The number of hydrogen-bond donors (Lipinski definition) is 3. The molecule has 4 N–H and O–H groups in total. The predicted octanol–water partition coefficient (Wildman–Crippen LogP) is 3.85. The third-order valence-electron chi connectivity index (χ3n) is 5.57. The van der Waals surface area contributed by atoms with Gasteiger partial charge in [0.05, 0.1) is 23.2 Å². The molecule has 0 bridgehead atoms. The molecule has 36 heavy (non-hydrogen) atoms. The molecular weight excluding hydrogens is 481 g/mol. The van der Waals surface area contributed by atoms with Gasteiger partial charge in [0.25, 0.3) is 0 Å². The molecule has 1 fully saturated rings. The monoisotopic (exact) mass is 500 g/mol. The van der Waals surface area contributed by atoms with E-state index in [9.17, 15) is 32.8 Å². The number of hydrogen-bond acceptors (Lipinski definition) is 5. The molecule has 1 aromatic heterocycles. The van der Waals surface area contributed by atoms with E-state index in [2.05, 4.69) is 15.4 Å². The highest BCUT2D eigenvalue weighted by Gasteiger charge is 2.40. The van der Waals surface area contributed by atoms with Crippen LogP contribution in [-0.4, -0.2) is 46.4 Å². The topological polar surface area (TPSA) is 142 Å². The first kappa shape index (κ1) is 24.4. The van der Waals surface area contributed by atoms with Crippen LogP contribution in [0.4, 0.5) is 34.1 Å². The summed E-state index contributed by atoms with van der Waals surface area (Å²) in [7, 11) is 0. The van der Waals surface area contributed by atoms with Gasteiger partial charge >= 0.3 is 18.4 Å². The van der Waals surface area contributed by atoms with Crippen LogP contribution < -0.4 is 21.1 Å². The van der Waals surface area contributed by atoms with E-state index in [1.54, 1.807) is 24.3 Å². The second-order valence-electron chi connectivity index (χ2n) is 7.99. The third kappa shape index (κ3) is 5.17. The van der Waals surface area contributed by atoms with Crippen LogP contribution in [-0.2, 0) is 4.79 Å². The van der Waals surface area contributed by atoms with Gasteiger partial charge in [0, 0.05) is 29.9 Å². The van der Waals surface area contributed by atoms with Crippen LogP contribution in [0.15, 0.2) is 54.7 Å². The molecule has 2 atom stereocenters. The fourth-order valence-corrected chi connectivity index (χ4v) is 4.05. The van der Waals surface area contributed by atoms with Crippen LogP contribution in [0.2, 0.25) is 0 Å². The molecule has 2 heterocycles. The van der Waals surface area contributed by atoms with Crippen molar-refractivity contribution in [3.8, 4) is 11.8 Å². The molecule has 4 amide bonds. The number of nitrogens with one attached hydrogen (secondary N) is 2. The number of para-hydroxylation sites is 1. The summed E-state index contributed by atoms with van der Waals surface area (Å²) < 4.78 is 42.5. The number of urea groups is 1. The van der Waals surface area contributed by atoms with Gasteiger partial charge in [-0.25, -0.2) is 9.59 Å². The Labute approximate surface area is 202 Å². The summed E-state index contributed by atoms with van der Waals surface area (Å²) in [5, 5.41) is 15.0. The number of ether oxygens (including phenoxy) is 1. The molecule has 4 rings (SSSR count). The van der Waals surface area contributed by atoms with Gasteiger partial charge in [0.15, 0.2) is 0 Å². The number of fused-ring (bicyclic) bond motifs is 1. The van der Waals surface area contributed by atoms with Crippen molar-refractivity contribution in [1.82, 2.24) is 9.47 Å². The van der Waals surface area contributed by atoms with E-state index in [4.69, 9.17) is 5.73 Å². The lowest BCUT2D eigenvalue weighted by Gasteiger charge is -2.24. The number of alkyl halides is 3. The molecule has 10 nitrogen and oxygen atoms in total. The van der Waals surface area contributed by atoms with Crippen molar-refractivity contribution in [3.05, 3.63) is 54.7 Å². The van der Waals surface area contributed by atoms with Crippen molar-refractivity contribution in [3.63, 3.8) is 0 Å². The summed E-state index contributed by atoms with van der Waals surface area (Å²) >= 11 is 0. The van der Waals surface area contributed by atoms with Gasteiger partial charge in [0.2, 0.25) is 5.91 Å². The summed E-state index contributed by atoms with van der Waals surface area (Å²) in [6.45, 7) is -0.0495.